The molecule has 96 valence electrons. The van der Waals surface area contributed by atoms with Crippen molar-refractivity contribution < 1.29 is 4.74 Å². The van der Waals surface area contributed by atoms with Crippen molar-refractivity contribution in [2.45, 2.75) is 6.10 Å². The molecule has 8 heteroatoms. The first kappa shape index (κ1) is 11.2. The number of nitrogens with one attached hydrogen (secondary N) is 1. The van der Waals surface area contributed by atoms with Crippen molar-refractivity contribution in [3.63, 3.8) is 0 Å². The maximum Gasteiger partial charge on any atom is 0.364 e. The topological polar surface area (TPSA) is 102 Å². The largest absolute Gasteiger partial charge is 0.373 e. The third-order valence-corrected chi connectivity index (χ3v) is 2.99. The minimum atomic E-state index is -0.338. The van der Waals surface area contributed by atoms with Gasteiger partial charge in [0.05, 0.1) is 12.7 Å². The molecule has 3 rings (SSSR count). The van der Waals surface area contributed by atoms with Crippen molar-refractivity contribution >= 4 is 11.5 Å². The van der Waals surface area contributed by atoms with Gasteiger partial charge < -0.3 is 15.4 Å². The number of nitrogens with zero attached hydrogens (tertiary/aromatic N) is 4. The van der Waals surface area contributed by atoms with E-state index in [-0.39, 0.29) is 11.8 Å². The quantitative estimate of drug-likeness (QED) is 0.678. The fourth-order valence-electron chi connectivity index (χ4n) is 2.03. The van der Waals surface area contributed by atoms with E-state index in [0.717, 1.165) is 12.4 Å². The molecular weight excluding hydrogens is 236 g/mol. The van der Waals surface area contributed by atoms with Crippen LogP contribution >= 0.6 is 0 Å². The highest BCUT2D eigenvalue weighted by molar-refractivity contribution is 5.45. The molecule has 3 heterocycles. The van der Waals surface area contributed by atoms with Crippen LogP contribution in [0.2, 0.25) is 0 Å². The summed E-state index contributed by atoms with van der Waals surface area (Å²) >= 11 is 0. The third-order valence-electron chi connectivity index (χ3n) is 2.99. The number of H-pyrrole nitrogens is 1. The van der Waals surface area contributed by atoms with E-state index in [9.17, 15) is 4.79 Å². The zero-order valence-corrected chi connectivity index (χ0v) is 9.74. The molecule has 2 aromatic heterocycles. The molecule has 1 fully saturated rings. The fourth-order valence-corrected chi connectivity index (χ4v) is 2.03. The molecule has 0 amide bonds. The minimum absolute atomic E-state index is 0.0114. The summed E-state index contributed by atoms with van der Waals surface area (Å²) in [6.45, 7) is 2.51. The molecule has 1 atom stereocenters. The standard InChI is InChI=1S/C10H14N6O2/c11-5-7-6-15(3-4-18-7)9-2-1-8-12-13-10(17)16(8)14-9/h1-2,7H,3-6,11H2,(H,13,17). The number of hydrogen-bond acceptors (Lipinski definition) is 6. The summed E-state index contributed by atoms with van der Waals surface area (Å²) in [5, 5.41) is 10.5. The SMILES string of the molecule is NCC1CN(c2ccc3n[nH]c(=O)n3n2)CCO1. The van der Waals surface area contributed by atoms with Crippen LogP contribution in [0.4, 0.5) is 5.82 Å². The van der Waals surface area contributed by atoms with Gasteiger partial charge in [-0.1, -0.05) is 0 Å². The van der Waals surface area contributed by atoms with Crippen molar-refractivity contribution in [2.75, 3.05) is 31.1 Å². The van der Waals surface area contributed by atoms with Gasteiger partial charge in [0.25, 0.3) is 0 Å². The molecule has 0 aliphatic carbocycles. The summed E-state index contributed by atoms with van der Waals surface area (Å²) in [6, 6.07) is 3.60. The maximum atomic E-state index is 11.5. The molecule has 0 radical (unpaired) electrons. The number of aromatic nitrogens is 4. The lowest BCUT2D eigenvalue weighted by molar-refractivity contribution is 0.0462. The van der Waals surface area contributed by atoms with Gasteiger partial charge in [-0.05, 0) is 12.1 Å². The van der Waals surface area contributed by atoms with Gasteiger partial charge in [-0.2, -0.15) is 9.61 Å². The van der Waals surface area contributed by atoms with Crippen LogP contribution in [0.3, 0.4) is 0 Å². The summed E-state index contributed by atoms with van der Waals surface area (Å²) in [5.74, 6) is 0.729. The van der Waals surface area contributed by atoms with E-state index in [4.69, 9.17) is 10.5 Å². The number of hydrogen-bond donors (Lipinski definition) is 2. The Bertz CT molecular complexity index is 606. The van der Waals surface area contributed by atoms with Crippen LogP contribution in [0.15, 0.2) is 16.9 Å². The molecule has 1 aliphatic rings. The van der Waals surface area contributed by atoms with Crippen LogP contribution in [0.1, 0.15) is 0 Å². The molecule has 0 aromatic carbocycles. The first-order valence-corrected chi connectivity index (χ1v) is 5.79. The van der Waals surface area contributed by atoms with E-state index in [0.29, 0.717) is 25.3 Å². The minimum Gasteiger partial charge on any atom is -0.373 e. The molecule has 1 aliphatic heterocycles. The smallest absolute Gasteiger partial charge is 0.364 e. The van der Waals surface area contributed by atoms with Gasteiger partial charge in [-0.15, -0.1) is 5.10 Å². The highest BCUT2D eigenvalue weighted by Crippen LogP contribution is 2.14. The van der Waals surface area contributed by atoms with E-state index in [1.54, 1.807) is 6.07 Å². The van der Waals surface area contributed by atoms with Gasteiger partial charge in [0.15, 0.2) is 5.65 Å². The molecule has 0 spiro atoms. The second kappa shape index (κ2) is 4.39. The maximum absolute atomic E-state index is 11.5. The van der Waals surface area contributed by atoms with E-state index < -0.39 is 0 Å². The predicted molar refractivity (Wildman–Crippen MR) is 64.6 cm³/mol. The zero-order chi connectivity index (χ0) is 12.5. The highest BCUT2D eigenvalue weighted by atomic mass is 16.5. The normalized spacial score (nSPS) is 20.5. The number of nitrogens with two attached hydrogens (primary N) is 1. The first-order chi connectivity index (χ1) is 8.78. The van der Waals surface area contributed by atoms with Crippen LogP contribution in [-0.4, -0.2) is 52.2 Å². The molecular formula is C10H14N6O2. The first-order valence-electron chi connectivity index (χ1n) is 5.79. The number of fused-ring (bicyclic) bond motifs is 1. The lowest BCUT2D eigenvalue weighted by Gasteiger charge is -2.32. The van der Waals surface area contributed by atoms with Crippen LogP contribution in [-0.2, 0) is 4.74 Å². The van der Waals surface area contributed by atoms with Crippen molar-refractivity contribution in [3.8, 4) is 0 Å². The van der Waals surface area contributed by atoms with E-state index >= 15 is 0 Å². The average molecular weight is 250 g/mol. The molecule has 0 saturated carbocycles. The van der Waals surface area contributed by atoms with Crippen LogP contribution in [0.5, 0.6) is 0 Å². The monoisotopic (exact) mass is 250 g/mol. The Labute approximate surface area is 102 Å². The van der Waals surface area contributed by atoms with Gasteiger partial charge in [0.1, 0.15) is 5.82 Å². The van der Waals surface area contributed by atoms with E-state index in [2.05, 4.69) is 20.2 Å². The summed E-state index contributed by atoms with van der Waals surface area (Å²) in [4.78, 5) is 13.5. The Hall–Kier alpha value is -1.93. The summed E-state index contributed by atoms with van der Waals surface area (Å²) in [6.07, 6.45) is 0.0114. The molecule has 18 heavy (non-hydrogen) atoms. The average Bonchev–Trinajstić information content (AvgIpc) is 2.80. The van der Waals surface area contributed by atoms with Gasteiger partial charge in [-0.3, -0.25) is 0 Å². The molecule has 1 saturated heterocycles. The molecule has 8 nitrogen and oxygen atoms in total. The van der Waals surface area contributed by atoms with Crippen LogP contribution in [0, 0.1) is 0 Å². The second-order valence-electron chi connectivity index (χ2n) is 4.16. The molecule has 2 aromatic rings. The fraction of sp³-hybridized carbons (Fsp3) is 0.500. The summed E-state index contributed by atoms with van der Waals surface area (Å²) in [7, 11) is 0. The van der Waals surface area contributed by atoms with Crippen molar-refractivity contribution in [1.82, 2.24) is 19.8 Å². The Morgan fingerprint density at radius 1 is 1.56 bits per heavy atom. The van der Waals surface area contributed by atoms with Crippen molar-refractivity contribution in [1.29, 1.82) is 0 Å². The number of morpholine rings is 1. The van der Waals surface area contributed by atoms with Gasteiger partial charge in [0.2, 0.25) is 0 Å². The van der Waals surface area contributed by atoms with Gasteiger partial charge in [0, 0.05) is 19.6 Å². The van der Waals surface area contributed by atoms with Crippen LogP contribution in [0.25, 0.3) is 5.65 Å². The number of aromatic amines is 1. The van der Waals surface area contributed by atoms with Crippen LogP contribution < -0.4 is 16.3 Å². The summed E-state index contributed by atoms with van der Waals surface area (Å²) in [5.41, 5.74) is 5.77. The third kappa shape index (κ3) is 1.85. The Morgan fingerprint density at radius 2 is 2.44 bits per heavy atom. The number of ether oxygens (including phenoxy) is 1. The Kier molecular flexibility index (Phi) is 2.73. The molecule has 3 N–H and O–H groups in total. The predicted octanol–water partition coefficient (Wildman–Crippen LogP) is -1.42. The van der Waals surface area contributed by atoms with Crippen molar-refractivity contribution in [3.05, 3.63) is 22.6 Å². The van der Waals surface area contributed by atoms with Gasteiger partial charge >= 0.3 is 5.69 Å². The van der Waals surface area contributed by atoms with E-state index in [1.807, 2.05) is 6.07 Å². The van der Waals surface area contributed by atoms with Gasteiger partial charge in [-0.25, -0.2) is 9.89 Å². The highest BCUT2D eigenvalue weighted by Gasteiger charge is 2.20. The lowest BCUT2D eigenvalue weighted by Crippen LogP contribution is -2.46. The Morgan fingerprint density at radius 3 is 3.28 bits per heavy atom. The Balaban J connectivity index is 1.93. The number of rotatable bonds is 2. The lowest BCUT2D eigenvalue weighted by atomic mass is 10.2. The number of anilines is 1. The second-order valence-corrected chi connectivity index (χ2v) is 4.16. The molecule has 0 bridgehead atoms. The summed E-state index contributed by atoms with van der Waals surface area (Å²) < 4.78 is 6.75. The zero-order valence-electron chi connectivity index (χ0n) is 9.74. The molecule has 1 unspecified atom stereocenters. The van der Waals surface area contributed by atoms with E-state index in [1.165, 1.54) is 4.52 Å². The van der Waals surface area contributed by atoms with Crippen molar-refractivity contribution in [2.24, 2.45) is 5.73 Å².